The molecule has 0 bridgehead atoms. The van der Waals surface area contributed by atoms with Crippen LogP contribution in [0.25, 0.3) is 11.0 Å². The van der Waals surface area contributed by atoms with Crippen molar-refractivity contribution in [1.82, 2.24) is 0 Å². The highest BCUT2D eigenvalue weighted by Gasteiger charge is 2.08. The number of hydrogen-bond acceptors (Lipinski definition) is 4. The molecule has 1 aromatic heterocycles. The second-order valence-corrected chi connectivity index (χ2v) is 6.08. The van der Waals surface area contributed by atoms with Gasteiger partial charge in [-0.05, 0) is 51.8 Å². The Morgan fingerprint density at radius 3 is 2.50 bits per heavy atom. The Balaban J connectivity index is 0.000000541. The Bertz CT molecular complexity index is 659. The van der Waals surface area contributed by atoms with Crippen LogP contribution in [0, 0.1) is 13.8 Å². The molecular weight excluding hydrogens is 348 g/mol. The van der Waals surface area contributed by atoms with Crippen molar-refractivity contribution in [3.8, 4) is 5.75 Å². The van der Waals surface area contributed by atoms with E-state index in [9.17, 15) is 4.79 Å². The first-order valence-electron chi connectivity index (χ1n) is 7.27. The van der Waals surface area contributed by atoms with Crippen LogP contribution in [0.5, 0.6) is 5.75 Å². The fourth-order valence-electron chi connectivity index (χ4n) is 1.76. The quantitative estimate of drug-likeness (QED) is 0.502. The lowest BCUT2D eigenvalue weighted by Gasteiger charge is -2.08. The summed E-state index contributed by atoms with van der Waals surface area (Å²) in [4.78, 5) is 11.6. The van der Waals surface area contributed by atoms with Gasteiger partial charge in [0.05, 0.1) is 6.61 Å². The molecule has 0 aliphatic carbocycles. The maximum atomic E-state index is 11.6. The zero-order chi connectivity index (χ0) is 16.7. The van der Waals surface area contributed by atoms with E-state index in [1.165, 1.54) is 0 Å². The van der Waals surface area contributed by atoms with Crippen LogP contribution in [0.15, 0.2) is 27.4 Å². The molecule has 2 rings (SSSR count). The average Bonchev–Trinajstić information content (AvgIpc) is 2.44. The largest absolute Gasteiger partial charge is 0.493 e. The summed E-state index contributed by atoms with van der Waals surface area (Å²) in [7, 11) is 0. The molecule has 0 saturated carbocycles. The summed E-state index contributed by atoms with van der Waals surface area (Å²) in [5, 5.41) is 9.92. The predicted octanol–water partition coefficient (Wildman–Crippen LogP) is 3.96. The lowest BCUT2D eigenvalue weighted by molar-refractivity contribution is 0.216. The van der Waals surface area contributed by atoms with Gasteiger partial charge in [-0.1, -0.05) is 15.9 Å². The molecule has 1 aromatic carbocycles. The summed E-state index contributed by atoms with van der Waals surface area (Å²) in [6.45, 7) is 7.80. The molecule has 0 unspecified atom stereocenters. The molecule has 0 atom stereocenters. The molecule has 5 heteroatoms. The van der Waals surface area contributed by atoms with E-state index in [0.717, 1.165) is 28.5 Å². The van der Waals surface area contributed by atoms with Crippen molar-refractivity contribution in [2.45, 2.75) is 40.2 Å². The molecule has 22 heavy (non-hydrogen) atoms. The van der Waals surface area contributed by atoms with E-state index in [-0.39, 0.29) is 11.7 Å². The van der Waals surface area contributed by atoms with Crippen molar-refractivity contribution < 1.29 is 14.3 Å². The topological polar surface area (TPSA) is 59.7 Å². The number of benzene rings is 1. The second-order valence-electron chi connectivity index (χ2n) is 5.28. The Hall–Kier alpha value is -1.33. The fraction of sp³-hybridized carbons (Fsp3) is 0.471. The van der Waals surface area contributed by atoms with Gasteiger partial charge in [0.25, 0.3) is 0 Å². The van der Waals surface area contributed by atoms with E-state index in [1.54, 1.807) is 26.8 Å². The number of ether oxygens (including phenoxy) is 1. The minimum absolute atomic E-state index is 0.167. The van der Waals surface area contributed by atoms with Gasteiger partial charge in [-0.25, -0.2) is 4.79 Å². The van der Waals surface area contributed by atoms with Crippen molar-refractivity contribution in [3.05, 3.63) is 39.7 Å². The molecule has 1 N–H and O–H groups in total. The molecule has 4 nitrogen and oxygen atoms in total. The summed E-state index contributed by atoms with van der Waals surface area (Å²) in [5.74, 6) is 0.731. The van der Waals surface area contributed by atoms with Crippen LogP contribution < -0.4 is 10.4 Å². The van der Waals surface area contributed by atoms with Crippen LogP contribution in [0.2, 0.25) is 0 Å². The summed E-state index contributed by atoms with van der Waals surface area (Å²) in [6.07, 6.45) is 0.773. The minimum atomic E-state index is -0.280. The van der Waals surface area contributed by atoms with E-state index < -0.39 is 0 Å². The molecule has 2 aromatic rings. The number of aryl methyl sites for hydroxylation is 1. The van der Waals surface area contributed by atoms with E-state index in [4.69, 9.17) is 14.3 Å². The van der Waals surface area contributed by atoms with Gasteiger partial charge in [0.15, 0.2) is 0 Å². The van der Waals surface area contributed by atoms with Crippen LogP contribution in [0.1, 0.15) is 31.4 Å². The summed E-state index contributed by atoms with van der Waals surface area (Å²) >= 11 is 3.35. The summed E-state index contributed by atoms with van der Waals surface area (Å²) in [5.41, 5.74) is 1.93. The van der Waals surface area contributed by atoms with Crippen molar-refractivity contribution >= 4 is 26.9 Å². The maximum Gasteiger partial charge on any atom is 0.339 e. The number of rotatable bonds is 4. The second kappa shape index (κ2) is 8.96. The smallest absolute Gasteiger partial charge is 0.339 e. The molecular formula is C17H23BrO4. The van der Waals surface area contributed by atoms with Crippen LogP contribution in [-0.4, -0.2) is 23.1 Å². The zero-order valence-corrected chi connectivity index (χ0v) is 15.1. The van der Waals surface area contributed by atoms with Crippen LogP contribution >= 0.6 is 15.9 Å². The third-order valence-corrected chi connectivity index (χ3v) is 3.54. The molecule has 0 aliphatic heterocycles. The minimum Gasteiger partial charge on any atom is -0.493 e. The highest BCUT2D eigenvalue weighted by atomic mass is 79.9. The lowest BCUT2D eigenvalue weighted by atomic mass is 10.1. The molecule has 0 amide bonds. The Kier molecular flexibility index (Phi) is 7.62. The zero-order valence-electron chi connectivity index (χ0n) is 13.5. The number of hydrogen-bond donors (Lipinski definition) is 1. The number of alkyl halides is 1. The molecule has 0 fully saturated rings. The average molecular weight is 371 g/mol. The monoisotopic (exact) mass is 370 g/mol. The van der Waals surface area contributed by atoms with Crippen LogP contribution in [0.4, 0.5) is 0 Å². The highest BCUT2D eigenvalue weighted by Crippen LogP contribution is 2.23. The molecule has 0 radical (unpaired) electrons. The first kappa shape index (κ1) is 18.7. The summed E-state index contributed by atoms with van der Waals surface area (Å²) in [6, 6.07) is 5.62. The third kappa shape index (κ3) is 5.46. The number of fused-ring (bicyclic) bond motifs is 1. The van der Waals surface area contributed by atoms with Crippen LogP contribution in [0.3, 0.4) is 0 Å². The number of aliphatic hydroxyl groups excluding tert-OH is 1. The van der Waals surface area contributed by atoms with E-state index in [0.29, 0.717) is 17.8 Å². The Morgan fingerprint density at radius 1 is 1.27 bits per heavy atom. The Labute approximate surface area is 139 Å². The van der Waals surface area contributed by atoms with Gasteiger partial charge in [0.1, 0.15) is 11.3 Å². The maximum absolute atomic E-state index is 11.6. The number of halogens is 1. The first-order chi connectivity index (χ1) is 10.4. The molecule has 122 valence electrons. The van der Waals surface area contributed by atoms with Gasteiger partial charge in [0.2, 0.25) is 0 Å². The Morgan fingerprint density at radius 2 is 1.91 bits per heavy atom. The highest BCUT2D eigenvalue weighted by molar-refractivity contribution is 9.09. The van der Waals surface area contributed by atoms with E-state index in [1.807, 2.05) is 19.1 Å². The fourth-order valence-corrected chi connectivity index (χ4v) is 1.99. The van der Waals surface area contributed by atoms with Crippen molar-refractivity contribution in [3.63, 3.8) is 0 Å². The first-order valence-corrected chi connectivity index (χ1v) is 8.39. The lowest BCUT2D eigenvalue weighted by Crippen LogP contribution is -2.05. The van der Waals surface area contributed by atoms with Crippen molar-refractivity contribution in [2.24, 2.45) is 0 Å². The van der Waals surface area contributed by atoms with Crippen molar-refractivity contribution in [1.29, 1.82) is 0 Å². The van der Waals surface area contributed by atoms with E-state index >= 15 is 0 Å². The van der Waals surface area contributed by atoms with Crippen LogP contribution in [-0.2, 0) is 0 Å². The molecule has 1 heterocycles. The van der Waals surface area contributed by atoms with Gasteiger partial charge in [-0.15, -0.1) is 0 Å². The van der Waals surface area contributed by atoms with Gasteiger partial charge >= 0.3 is 5.63 Å². The van der Waals surface area contributed by atoms with Gasteiger partial charge in [0, 0.05) is 28.5 Å². The molecule has 0 spiro atoms. The third-order valence-electron chi connectivity index (χ3n) is 2.98. The standard InChI is InChI=1S/C14H15BrO3.C3H8O/c1-9-10(2)14(16)18-13-8-11(4-5-12(9)13)17-7-3-6-15;1-3(2)4/h4-5,8H,3,6-7H2,1-2H3;3-4H,1-2H3. The van der Waals surface area contributed by atoms with Gasteiger partial charge < -0.3 is 14.3 Å². The van der Waals surface area contributed by atoms with Gasteiger partial charge in [-0.3, -0.25) is 0 Å². The van der Waals surface area contributed by atoms with Crippen molar-refractivity contribution in [2.75, 3.05) is 11.9 Å². The summed E-state index contributed by atoms with van der Waals surface area (Å²) < 4.78 is 10.8. The SMILES string of the molecule is CC(C)O.Cc1c(C)c2ccc(OCCCBr)cc2oc1=O. The van der Waals surface area contributed by atoms with E-state index in [2.05, 4.69) is 15.9 Å². The normalized spacial score (nSPS) is 10.5. The number of aliphatic hydroxyl groups is 1. The molecule has 0 saturated heterocycles. The van der Waals surface area contributed by atoms with Gasteiger partial charge in [-0.2, -0.15) is 0 Å². The predicted molar refractivity (Wildman–Crippen MR) is 93.2 cm³/mol. The molecule has 0 aliphatic rings.